The molecule has 2 aliphatic rings. The number of nitrogens with one attached hydrogen (secondary N) is 1. The Labute approximate surface area is 189 Å². The van der Waals surface area contributed by atoms with Gasteiger partial charge in [0.2, 0.25) is 11.8 Å². The number of pyridine rings is 1. The van der Waals surface area contributed by atoms with E-state index in [9.17, 15) is 14.4 Å². The van der Waals surface area contributed by atoms with Crippen LogP contribution in [-0.4, -0.2) is 40.3 Å². The van der Waals surface area contributed by atoms with Gasteiger partial charge in [-0.3, -0.25) is 19.7 Å². The number of hydrogen-bond acceptors (Lipinski definition) is 5. The van der Waals surface area contributed by atoms with Crippen molar-refractivity contribution in [3.8, 4) is 17.0 Å². The average Bonchev–Trinajstić information content (AvgIpc) is 3.11. The molecule has 1 fully saturated rings. The van der Waals surface area contributed by atoms with E-state index in [1.807, 2.05) is 43.3 Å². The molecule has 3 heterocycles. The third-order valence-electron chi connectivity index (χ3n) is 5.90. The van der Waals surface area contributed by atoms with Crippen LogP contribution in [0.25, 0.3) is 22.0 Å². The van der Waals surface area contributed by atoms with Gasteiger partial charge in [0.05, 0.1) is 6.61 Å². The van der Waals surface area contributed by atoms with Gasteiger partial charge in [0.15, 0.2) is 5.75 Å². The monoisotopic (exact) mass is 449 g/mol. The fourth-order valence-electron chi connectivity index (χ4n) is 4.41. The van der Waals surface area contributed by atoms with Gasteiger partial charge in [0.25, 0.3) is 5.91 Å². The highest BCUT2D eigenvalue weighted by molar-refractivity contribution is 6.34. The zero-order chi connectivity index (χ0) is 22.4. The first-order chi connectivity index (χ1) is 15.5. The van der Waals surface area contributed by atoms with Crippen molar-refractivity contribution in [2.45, 2.75) is 32.4 Å². The highest BCUT2D eigenvalue weighted by atomic mass is 35.5. The fraction of sp³-hybridized carbons (Fsp3) is 0.250. The quantitative estimate of drug-likeness (QED) is 0.484. The molecule has 162 valence electrons. The van der Waals surface area contributed by atoms with Gasteiger partial charge in [-0.1, -0.05) is 41.9 Å². The molecule has 0 aliphatic carbocycles. The number of carbonyl (C=O) groups excluding carboxylic acids is 3. The predicted molar refractivity (Wildman–Crippen MR) is 119 cm³/mol. The highest BCUT2D eigenvalue weighted by Gasteiger charge is 2.39. The van der Waals surface area contributed by atoms with Crippen LogP contribution in [0.15, 0.2) is 42.5 Å². The van der Waals surface area contributed by atoms with Gasteiger partial charge in [-0.05, 0) is 31.0 Å². The van der Waals surface area contributed by atoms with E-state index in [-0.39, 0.29) is 18.2 Å². The molecule has 1 saturated heterocycles. The van der Waals surface area contributed by atoms with Gasteiger partial charge in [0.1, 0.15) is 16.9 Å². The fourth-order valence-corrected chi connectivity index (χ4v) is 4.65. The molecular weight excluding hydrogens is 430 g/mol. The number of benzene rings is 2. The van der Waals surface area contributed by atoms with E-state index in [2.05, 4.69) is 10.3 Å². The molecule has 0 bridgehead atoms. The average molecular weight is 450 g/mol. The summed E-state index contributed by atoms with van der Waals surface area (Å²) in [5.74, 6) is -0.306. The number of halogens is 1. The number of fused-ring (bicyclic) bond motifs is 2. The lowest BCUT2D eigenvalue weighted by Gasteiger charge is -2.29. The molecule has 32 heavy (non-hydrogen) atoms. The van der Waals surface area contributed by atoms with Gasteiger partial charge in [-0.2, -0.15) is 0 Å². The van der Waals surface area contributed by atoms with E-state index >= 15 is 0 Å². The smallest absolute Gasteiger partial charge is 0.255 e. The molecule has 8 heteroatoms. The number of hydrogen-bond donors (Lipinski definition) is 1. The molecule has 2 aromatic carbocycles. The Hall–Kier alpha value is -3.45. The van der Waals surface area contributed by atoms with Crippen LogP contribution >= 0.6 is 11.6 Å². The van der Waals surface area contributed by atoms with Crippen molar-refractivity contribution in [3.63, 3.8) is 0 Å². The maximum atomic E-state index is 13.0. The number of ether oxygens (including phenoxy) is 1. The number of aromatic nitrogens is 1. The summed E-state index contributed by atoms with van der Waals surface area (Å²) >= 11 is 6.48. The van der Waals surface area contributed by atoms with E-state index in [1.54, 1.807) is 6.07 Å². The summed E-state index contributed by atoms with van der Waals surface area (Å²) in [5, 5.41) is 4.37. The lowest BCUT2D eigenvalue weighted by Crippen LogP contribution is -2.52. The van der Waals surface area contributed by atoms with Crippen LogP contribution < -0.4 is 10.1 Å². The maximum absolute atomic E-state index is 13.0. The van der Waals surface area contributed by atoms with Crippen LogP contribution in [0.5, 0.6) is 5.75 Å². The summed E-state index contributed by atoms with van der Waals surface area (Å²) in [6, 6.07) is 12.5. The first-order valence-electron chi connectivity index (χ1n) is 10.5. The molecule has 1 atom stereocenters. The van der Waals surface area contributed by atoms with Gasteiger partial charge >= 0.3 is 0 Å². The lowest BCUT2D eigenvalue weighted by molar-refractivity contribution is -0.136. The number of imide groups is 1. The normalized spacial score (nSPS) is 18.1. The SMILES string of the molecule is CCOc1c(-c2ccc3c(c2)CN(C2CCC(=O)NC2=O)C3=O)nc(Cl)c2ccccc12. The molecule has 5 rings (SSSR count). The second-order valence-electron chi connectivity index (χ2n) is 7.83. The zero-order valence-electron chi connectivity index (χ0n) is 17.4. The molecular formula is C24H20ClN3O4. The molecule has 2 aliphatic heterocycles. The van der Waals surface area contributed by atoms with Gasteiger partial charge < -0.3 is 9.64 Å². The molecule has 0 saturated carbocycles. The van der Waals surface area contributed by atoms with Crippen LogP contribution in [0.3, 0.4) is 0 Å². The first-order valence-corrected chi connectivity index (χ1v) is 10.8. The van der Waals surface area contributed by atoms with E-state index in [4.69, 9.17) is 16.3 Å². The van der Waals surface area contributed by atoms with Crippen LogP contribution in [0.2, 0.25) is 5.15 Å². The summed E-state index contributed by atoms with van der Waals surface area (Å²) in [6.45, 7) is 2.67. The van der Waals surface area contributed by atoms with Crippen LogP contribution in [0, 0.1) is 0 Å². The van der Waals surface area contributed by atoms with Crippen molar-refractivity contribution < 1.29 is 19.1 Å². The second-order valence-corrected chi connectivity index (χ2v) is 8.19. The van der Waals surface area contributed by atoms with Crippen molar-refractivity contribution in [2.24, 2.45) is 0 Å². The Bertz CT molecular complexity index is 1290. The third kappa shape index (κ3) is 3.29. The number of carbonyl (C=O) groups is 3. The Morgan fingerprint density at radius 2 is 1.94 bits per heavy atom. The van der Waals surface area contributed by atoms with Crippen molar-refractivity contribution in [1.82, 2.24) is 15.2 Å². The predicted octanol–water partition coefficient (Wildman–Crippen LogP) is 3.71. The zero-order valence-corrected chi connectivity index (χ0v) is 18.1. The summed E-state index contributed by atoms with van der Waals surface area (Å²) in [4.78, 5) is 42.9. The van der Waals surface area contributed by atoms with E-state index < -0.39 is 11.9 Å². The molecule has 1 N–H and O–H groups in total. The van der Waals surface area contributed by atoms with Crippen molar-refractivity contribution >= 4 is 40.1 Å². The summed E-state index contributed by atoms with van der Waals surface area (Å²) in [6.07, 6.45) is 0.548. The van der Waals surface area contributed by atoms with Crippen LogP contribution in [-0.2, 0) is 16.1 Å². The number of rotatable bonds is 4. The van der Waals surface area contributed by atoms with Crippen LogP contribution in [0.1, 0.15) is 35.7 Å². The van der Waals surface area contributed by atoms with E-state index in [0.717, 1.165) is 21.9 Å². The van der Waals surface area contributed by atoms with Gasteiger partial charge in [-0.25, -0.2) is 4.98 Å². The number of piperidine rings is 1. The Balaban J connectivity index is 1.55. The molecule has 1 unspecified atom stereocenters. The van der Waals surface area contributed by atoms with E-state index in [1.165, 1.54) is 4.90 Å². The summed E-state index contributed by atoms with van der Waals surface area (Å²) < 4.78 is 5.96. The molecule has 1 aromatic heterocycles. The minimum absolute atomic E-state index is 0.212. The van der Waals surface area contributed by atoms with Gasteiger partial charge in [0, 0.05) is 34.9 Å². The highest BCUT2D eigenvalue weighted by Crippen LogP contribution is 2.40. The number of nitrogens with zero attached hydrogens (tertiary/aromatic N) is 2. The molecule has 3 amide bonds. The minimum Gasteiger partial charge on any atom is -0.491 e. The largest absolute Gasteiger partial charge is 0.491 e. The van der Waals surface area contributed by atoms with Crippen molar-refractivity contribution in [2.75, 3.05) is 6.61 Å². The summed E-state index contributed by atoms with van der Waals surface area (Å²) in [7, 11) is 0. The first kappa shape index (κ1) is 20.5. The number of amides is 3. The summed E-state index contributed by atoms with van der Waals surface area (Å²) in [5.41, 5.74) is 2.72. The molecule has 0 radical (unpaired) electrons. The van der Waals surface area contributed by atoms with Crippen LogP contribution in [0.4, 0.5) is 0 Å². The molecule has 7 nitrogen and oxygen atoms in total. The Morgan fingerprint density at radius 1 is 1.16 bits per heavy atom. The lowest BCUT2D eigenvalue weighted by atomic mass is 10.0. The van der Waals surface area contributed by atoms with E-state index in [0.29, 0.717) is 41.7 Å². The molecule has 3 aromatic rings. The second kappa shape index (κ2) is 7.91. The van der Waals surface area contributed by atoms with Crippen molar-refractivity contribution in [1.29, 1.82) is 0 Å². The minimum atomic E-state index is -0.650. The molecule has 0 spiro atoms. The van der Waals surface area contributed by atoms with Crippen molar-refractivity contribution in [3.05, 3.63) is 58.7 Å². The Morgan fingerprint density at radius 3 is 2.69 bits per heavy atom. The topological polar surface area (TPSA) is 88.6 Å². The Kier molecular flexibility index (Phi) is 5.06. The van der Waals surface area contributed by atoms with Gasteiger partial charge in [-0.15, -0.1) is 0 Å². The maximum Gasteiger partial charge on any atom is 0.255 e. The third-order valence-corrected chi connectivity index (χ3v) is 6.19. The standard InChI is InChI=1S/C24H20ClN3O4/c1-2-32-21-16-5-3-4-6-17(16)22(25)27-20(21)13-7-8-15-14(11-13)12-28(24(15)31)18-9-10-19(29)26-23(18)30/h3-8,11,18H,2,9-10,12H2,1H3,(H,26,29,30).